The molecule has 1 aromatic heterocycles. The molecule has 2 aromatic rings. The van der Waals surface area contributed by atoms with Crippen molar-refractivity contribution in [2.24, 2.45) is 5.92 Å². The Kier molecular flexibility index (Phi) is 6.03. The van der Waals surface area contributed by atoms with Crippen molar-refractivity contribution in [2.75, 3.05) is 19.7 Å². The van der Waals surface area contributed by atoms with E-state index in [4.69, 9.17) is 9.26 Å². The summed E-state index contributed by atoms with van der Waals surface area (Å²) in [5, 5.41) is 3.98. The van der Waals surface area contributed by atoms with Gasteiger partial charge in [-0.05, 0) is 37.2 Å². The second-order valence-corrected chi connectivity index (χ2v) is 10.2. The van der Waals surface area contributed by atoms with Crippen molar-refractivity contribution < 1.29 is 17.7 Å². The molecule has 0 amide bonds. The summed E-state index contributed by atoms with van der Waals surface area (Å²) in [6.07, 6.45) is 4.91. The number of hydrogen-bond acceptors (Lipinski definition) is 6. The maximum Gasteiger partial charge on any atom is 0.226 e. The standard InChI is InChI=1S/C21H29N3O4S/c1-2-19-22-20(28-23-19)14-18-8-13-27-21(15-18)9-11-24(12-10-21)29(25,26)16-17-6-4-3-5-7-17/h3-7,18H,2,8-16H2,1H3. The number of sulfonamides is 1. The van der Waals surface area contributed by atoms with Crippen LogP contribution in [0.4, 0.5) is 0 Å². The lowest BCUT2D eigenvalue weighted by atomic mass is 9.79. The highest BCUT2D eigenvalue weighted by Crippen LogP contribution is 2.39. The fourth-order valence-corrected chi connectivity index (χ4v) is 6.00. The number of piperidine rings is 1. The van der Waals surface area contributed by atoms with Crippen molar-refractivity contribution in [2.45, 2.75) is 56.8 Å². The Morgan fingerprint density at radius 3 is 2.66 bits per heavy atom. The number of hydrogen-bond donors (Lipinski definition) is 0. The third-order valence-electron chi connectivity index (χ3n) is 6.10. The van der Waals surface area contributed by atoms with Crippen molar-refractivity contribution in [1.29, 1.82) is 0 Å². The zero-order valence-corrected chi connectivity index (χ0v) is 17.7. The Morgan fingerprint density at radius 2 is 1.97 bits per heavy atom. The quantitative estimate of drug-likeness (QED) is 0.716. The van der Waals surface area contributed by atoms with Crippen LogP contribution < -0.4 is 0 Å². The van der Waals surface area contributed by atoms with Gasteiger partial charge in [-0.1, -0.05) is 42.4 Å². The fraction of sp³-hybridized carbons (Fsp3) is 0.619. The van der Waals surface area contributed by atoms with Crippen LogP contribution in [0.25, 0.3) is 0 Å². The first-order valence-electron chi connectivity index (χ1n) is 10.5. The van der Waals surface area contributed by atoms with Crippen molar-refractivity contribution in [3.05, 3.63) is 47.6 Å². The van der Waals surface area contributed by atoms with Gasteiger partial charge in [0.2, 0.25) is 15.9 Å². The Labute approximate surface area is 172 Å². The summed E-state index contributed by atoms with van der Waals surface area (Å²) < 4.78 is 38.8. The molecule has 0 radical (unpaired) electrons. The number of aromatic nitrogens is 2. The zero-order valence-electron chi connectivity index (χ0n) is 16.9. The van der Waals surface area contributed by atoms with E-state index in [0.29, 0.717) is 31.5 Å². The average Bonchev–Trinajstić information content (AvgIpc) is 3.16. The van der Waals surface area contributed by atoms with Crippen LogP contribution in [0.2, 0.25) is 0 Å². The van der Waals surface area contributed by atoms with E-state index in [1.165, 1.54) is 0 Å². The molecule has 2 saturated heterocycles. The monoisotopic (exact) mass is 419 g/mol. The summed E-state index contributed by atoms with van der Waals surface area (Å²) in [6, 6.07) is 9.37. The van der Waals surface area contributed by atoms with Crippen LogP contribution in [0.1, 0.15) is 49.9 Å². The maximum absolute atomic E-state index is 12.8. The molecule has 8 heteroatoms. The molecule has 0 aliphatic carbocycles. The molecule has 2 fully saturated rings. The minimum absolute atomic E-state index is 0.0568. The maximum atomic E-state index is 12.8. The first kappa shape index (κ1) is 20.5. The highest BCUT2D eigenvalue weighted by atomic mass is 32.2. The van der Waals surface area contributed by atoms with E-state index in [1.807, 2.05) is 37.3 Å². The summed E-state index contributed by atoms with van der Waals surface area (Å²) in [6.45, 7) is 3.75. The lowest BCUT2D eigenvalue weighted by Crippen LogP contribution is -2.51. The van der Waals surface area contributed by atoms with E-state index in [-0.39, 0.29) is 11.4 Å². The normalized spacial score (nSPS) is 22.7. The van der Waals surface area contributed by atoms with Crippen LogP contribution in [0.5, 0.6) is 0 Å². The van der Waals surface area contributed by atoms with Crippen molar-refractivity contribution in [1.82, 2.24) is 14.4 Å². The summed E-state index contributed by atoms with van der Waals surface area (Å²) in [5.74, 6) is 1.94. The molecule has 7 nitrogen and oxygen atoms in total. The Hall–Kier alpha value is -1.77. The third-order valence-corrected chi connectivity index (χ3v) is 7.95. The molecule has 1 atom stereocenters. The Bertz CT molecular complexity index is 905. The minimum atomic E-state index is -3.31. The minimum Gasteiger partial charge on any atom is -0.375 e. The first-order valence-corrected chi connectivity index (χ1v) is 12.1. The molecule has 29 heavy (non-hydrogen) atoms. The molecular weight excluding hydrogens is 390 g/mol. The first-order chi connectivity index (χ1) is 14.0. The summed E-state index contributed by atoms with van der Waals surface area (Å²) >= 11 is 0. The van der Waals surface area contributed by atoms with E-state index in [0.717, 1.165) is 49.9 Å². The van der Waals surface area contributed by atoms with E-state index < -0.39 is 10.0 Å². The van der Waals surface area contributed by atoms with Gasteiger partial charge < -0.3 is 9.26 Å². The summed E-state index contributed by atoms with van der Waals surface area (Å²) in [4.78, 5) is 4.43. The molecule has 1 spiro atoms. The second kappa shape index (κ2) is 8.53. The smallest absolute Gasteiger partial charge is 0.226 e. The molecular formula is C21H29N3O4S. The van der Waals surface area contributed by atoms with E-state index >= 15 is 0 Å². The topological polar surface area (TPSA) is 85.5 Å². The van der Waals surface area contributed by atoms with Gasteiger partial charge in [-0.15, -0.1) is 0 Å². The molecule has 0 N–H and O–H groups in total. The molecule has 0 bridgehead atoms. The van der Waals surface area contributed by atoms with Crippen LogP contribution in [0, 0.1) is 5.92 Å². The largest absolute Gasteiger partial charge is 0.375 e. The van der Waals surface area contributed by atoms with Crippen molar-refractivity contribution in [3.8, 4) is 0 Å². The lowest BCUT2D eigenvalue weighted by molar-refractivity contribution is -0.121. The molecule has 4 rings (SSSR count). The SMILES string of the molecule is CCc1noc(CC2CCOC3(CCN(S(=O)(=O)Cc4ccccc4)CC3)C2)n1. The molecule has 2 aliphatic rings. The van der Waals surface area contributed by atoms with Gasteiger partial charge in [0.25, 0.3) is 0 Å². The van der Waals surface area contributed by atoms with Gasteiger partial charge in [0, 0.05) is 32.5 Å². The fourth-order valence-electron chi connectivity index (χ4n) is 4.46. The average molecular weight is 420 g/mol. The Morgan fingerprint density at radius 1 is 1.21 bits per heavy atom. The lowest BCUT2D eigenvalue weighted by Gasteiger charge is -2.45. The van der Waals surface area contributed by atoms with E-state index in [9.17, 15) is 8.42 Å². The van der Waals surface area contributed by atoms with Crippen LogP contribution >= 0.6 is 0 Å². The number of rotatable bonds is 6. The predicted molar refractivity (Wildman–Crippen MR) is 109 cm³/mol. The number of nitrogens with zero attached hydrogens (tertiary/aromatic N) is 3. The van der Waals surface area contributed by atoms with Crippen LogP contribution in [0.15, 0.2) is 34.9 Å². The number of benzene rings is 1. The van der Waals surface area contributed by atoms with Crippen LogP contribution in [-0.2, 0) is 33.4 Å². The van der Waals surface area contributed by atoms with Crippen molar-refractivity contribution in [3.63, 3.8) is 0 Å². The third kappa shape index (κ3) is 4.87. The van der Waals surface area contributed by atoms with Gasteiger partial charge in [-0.25, -0.2) is 12.7 Å². The van der Waals surface area contributed by atoms with Gasteiger partial charge in [0.05, 0.1) is 11.4 Å². The molecule has 3 heterocycles. The number of ether oxygens (including phenoxy) is 1. The predicted octanol–water partition coefficient (Wildman–Crippen LogP) is 2.97. The molecule has 0 saturated carbocycles. The van der Waals surface area contributed by atoms with Gasteiger partial charge in [-0.2, -0.15) is 4.98 Å². The molecule has 1 unspecified atom stereocenters. The van der Waals surface area contributed by atoms with Gasteiger partial charge in [-0.3, -0.25) is 0 Å². The Balaban J connectivity index is 1.35. The van der Waals surface area contributed by atoms with Gasteiger partial charge in [0.1, 0.15) is 0 Å². The molecule has 158 valence electrons. The van der Waals surface area contributed by atoms with Crippen LogP contribution in [0.3, 0.4) is 0 Å². The highest BCUT2D eigenvalue weighted by molar-refractivity contribution is 7.88. The van der Waals surface area contributed by atoms with Crippen molar-refractivity contribution >= 4 is 10.0 Å². The molecule has 2 aliphatic heterocycles. The van der Waals surface area contributed by atoms with Crippen LogP contribution in [-0.4, -0.2) is 48.2 Å². The number of aryl methyl sites for hydroxylation is 1. The second-order valence-electron chi connectivity index (χ2n) is 8.19. The van der Waals surface area contributed by atoms with E-state index in [1.54, 1.807) is 4.31 Å². The zero-order chi connectivity index (χ0) is 20.3. The van der Waals surface area contributed by atoms with Gasteiger partial charge in [0.15, 0.2) is 5.82 Å². The molecule has 1 aromatic carbocycles. The van der Waals surface area contributed by atoms with Gasteiger partial charge >= 0.3 is 0 Å². The highest BCUT2D eigenvalue weighted by Gasteiger charge is 2.42. The van der Waals surface area contributed by atoms with E-state index in [2.05, 4.69) is 10.1 Å². The summed E-state index contributed by atoms with van der Waals surface area (Å²) in [7, 11) is -3.31. The summed E-state index contributed by atoms with van der Waals surface area (Å²) in [5.41, 5.74) is 0.600.